The van der Waals surface area contributed by atoms with Crippen LogP contribution in [0.2, 0.25) is 0 Å². The third-order valence-electron chi connectivity index (χ3n) is 9.17. The van der Waals surface area contributed by atoms with Crippen LogP contribution in [0.3, 0.4) is 0 Å². The molecular weight excluding hydrogens is 605 g/mol. The van der Waals surface area contributed by atoms with Crippen LogP contribution in [0.1, 0.15) is 51.0 Å². The normalized spacial score (nSPS) is 26.3. The third-order valence-corrected chi connectivity index (χ3v) is 10.4. The number of anilines is 1. The Hall–Kier alpha value is -3.87. The molecule has 0 spiro atoms. The summed E-state index contributed by atoms with van der Waals surface area (Å²) in [6, 6.07) is 5.14. The molecule has 4 aliphatic rings. The molecule has 1 saturated heterocycles. The highest BCUT2D eigenvalue weighted by Crippen LogP contribution is 2.33. The molecular formula is C34H42FN7O3S. The highest BCUT2D eigenvalue weighted by Gasteiger charge is 2.44. The average Bonchev–Trinajstić information content (AvgIpc) is 3.46. The van der Waals surface area contributed by atoms with E-state index in [-0.39, 0.29) is 42.4 Å². The Morgan fingerprint density at radius 1 is 1.17 bits per heavy atom. The minimum absolute atomic E-state index is 0.0961. The number of amidine groups is 1. The van der Waals surface area contributed by atoms with Gasteiger partial charge >= 0.3 is 0 Å². The van der Waals surface area contributed by atoms with E-state index < -0.39 is 11.2 Å². The van der Waals surface area contributed by atoms with E-state index in [1.165, 1.54) is 21.8 Å². The van der Waals surface area contributed by atoms with Crippen LogP contribution in [0.15, 0.2) is 52.2 Å². The van der Waals surface area contributed by atoms with Crippen molar-refractivity contribution >= 4 is 40.4 Å². The largest absolute Gasteiger partial charge is 0.353 e. The summed E-state index contributed by atoms with van der Waals surface area (Å²) in [5, 5.41) is 12.4. The van der Waals surface area contributed by atoms with Crippen molar-refractivity contribution in [3.05, 3.63) is 74.4 Å². The number of likely N-dealkylation sites (N-methyl/N-ethyl adjacent to an activating group) is 2. The first-order valence-corrected chi connectivity index (χ1v) is 16.6. The number of dihydropyridines is 1. The Labute approximate surface area is 273 Å². The molecule has 1 unspecified atom stereocenters. The minimum atomic E-state index is -0.546. The van der Waals surface area contributed by atoms with E-state index in [1.807, 2.05) is 32.3 Å². The van der Waals surface area contributed by atoms with Gasteiger partial charge in [-0.25, -0.2) is 4.39 Å². The molecule has 0 saturated carbocycles. The summed E-state index contributed by atoms with van der Waals surface area (Å²) in [4.78, 5) is 36.8. The van der Waals surface area contributed by atoms with Gasteiger partial charge in [0.25, 0.3) is 5.91 Å². The smallest absolute Gasteiger partial charge is 0.265 e. The van der Waals surface area contributed by atoms with Crippen molar-refractivity contribution in [2.75, 3.05) is 59.4 Å². The summed E-state index contributed by atoms with van der Waals surface area (Å²) >= 11 is 1.50. The van der Waals surface area contributed by atoms with Crippen LogP contribution >= 0.6 is 11.3 Å². The number of aliphatic imine (C=N–C) groups is 1. The first-order valence-electron chi connectivity index (χ1n) is 15.8. The number of rotatable bonds is 5. The van der Waals surface area contributed by atoms with Crippen LogP contribution < -0.4 is 10.6 Å². The maximum absolute atomic E-state index is 16.3. The Kier molecular flexibility index (Phi) is 9.13. The summed E-state index contributed by atoms with van der Waals surface area (Å²) in [6.45, 7) is 6.21. The molecule has 2 atom stereocenters. The molecule has 3 aliphatic heterocycles. The van der Waals surface area contributed by atoms with E-state index in [1.54, 1.807) is 42.1 Å². The second kappa shape index (κ2) is 13.1. The summed E-state index contributed by atoms with van der Waals surface area (Å²) in [5.41, 5.74) is 2.84. The van der Waals surface area contributed by atoms with Crippen molar-refractivity contribution in [3.63, 3.8) is 0 Å². The van der Waals surface area contributed by atoms with Crippen LogP contribution in [0.25, 0.3) is 0 Å². The molecule has 0 radical (unpaired) electrons. The average molecular weight is 648 g/mol. The van der Waals surface area contributed by atoms with E-state index in [0.29, 0.717) is 40.8 Å². The maximum Gasteiger partial charge on any atom is 0.265 e. The molecule has 1 aliphatic carbocycles. The molecule has 46 heavy (non-hydrogen) atoms. The minimum Gasteiger partial charge on any atom is -0.353 e. The number of fused-ring (bicyclic) bond motifs is 1. The monoisotopic (exact) mass is 647 g/mol. The third kappa shape index (κ3) is 6.51. The number of nitrogens with one attached hydrogen (secondary N) is 2. The van der Waals surface area contributed by atoms with Crippen molar-refractivity contribution in [1.29, 1.82) is 0 Å². The fourth-order valence-electron chi connectivity index (χ4n) is 6.52. The second-order valence-corrected chi connectivity index (χ2v) is 14.1. The number of carbonyl (C=O) groups excluding carboxylic acids is 2. The lowest BCUT2D eigenvalue weighted by atomic mass is 9.78. The van der Waals surface area contributed by atoms with E-state index in [0.717, 1.165) is 32.2 Å². The highest BCUT2D eigenvalue weighted by molar-refractivity contribution is 7.14. The molecule has 244 valence electrons. The molecule has 4 heterocycles. The van der Waals surface area contributed by atoms with Gasteiger partial charge in [0.15, 0.2) is 5.82 Å². The standard InChI is InChI=1S/C34H42FN7O3S/c1-21-10-11-24(29(35)30(21)38-32(43)27-16-22-8-6-7-9-26(22)46-27)25-17-23(18-45-20-42(5)39-25)37-28-12-13-34(2,19-36-28)31-33(44)41(4)15-14-40(31)3/h10-13,16-17,31H,6-9,14-15,18-20H2,1-5H3,(H,36,37)(H,38,43)/b23-17+,39-25+/t31-,34?/m1/s1. The number of ether oxygens (including phenoxy) is 1. The number of amides is 2. The number of allylic oxidation sites excluding steroid dienone is 1. The fourth-order valence-corrected chi connectivity index (χ4v) is 7.67. The van der Waals surface area contributed by atoms with Gasteiger partial charge in [0.1, 0.15) is 12.6 Å². The maximum atomic E-state index is 16.3. The van der Waals surface area contributed by atoms with Gasteiger partial charge in [-0.3, -0.25) is 24.5 Å². The van der Waals surface area contributed by atoms with E-state index in [2.05, 4.69) is 27.6 Å². The molecule has 0 bridgehead atoms. The predicted molar refractivity (Wildman–Crippen MR) is 180 cm³/mol. The van der Waals surface area contributed by atoms with Crippen molar-refractivity contribution in [2.45, 2.75) is 45.6 Å². The number of nitrogens with zero attached hydrogens (tertiary/aromatic N) is 5. The number of benzene rings is 1. The number of hydrogen-bond donors (Lipinski definition) is 2. The number of aryl methyl sites for hydroxylation is 3. The summed E-state index contributed by atoms with van der Waals surface area (Å²) in [5.74, 6) is -0.131. The van der Waals surface area contributed by atoms with Gasteiger partial charge in [0, 0.05) is 48.7 Å². The fraction of sp³-hybridized carbons (Fsp3) is 0.471. The van der Waals surface area contributed by atoms with E-state index in [4.69, 9.17) is 9.73 Å². The van der Waals surface area contributed by atoms with Crippen LogP contribution in [0, 0.1) is 18.2 Å². The molecule has 10 nitrogen and oxygen atoms in total. The van der Waals surface area contributed by atoms with Gasteiger partial charge in [0.05, 0.1) is 35.5 Å². The topological polar surface area (TPSA) is 102 Å². The SMILES string of the molecule is Cc1ccc(C2=N/N(C)COC/C(NC3=NCC(C)([C@H]4C(=O)N(C)CCN4C)C=C3)=C\2)c(F)c1NC(=O)c1cc2c(s1)CCCC2. The lowest BCUT2D eigenvalue weighted by Crippen LogP contribution is -2.61. The van der Waals surface area contributed by atoms with E-state index >= 15 is 4.39 Å². The van der Waals surface area contributed by atoms with Gasteiger partial charge < -0.3 is 20.3 Å². The molecule has 1 fully saturated rings. The van der Waals surface area contributed by atoms with Gasteiger partial charge in [0.2, 0.25) is 5.91 Å². The number of piperazine rings is 1. The number of halogens is 1. The molecule has 12 heteroatoms. The zero-order valence-electron chi connectivity index (χ0n) is 27.2. The lowest BCUT2D eigenvalue weighted by molar-refractivity contribution is -0.143. The van der Waals surface area contributed by atoms with Crippen molar-refractivity contribution in [2.24, 2.45) is 15.5 Å². The lowest BCUT2D eigenvalue weighted by Gasteiger charge is -2.45. The predicted octanol–water partition coefficient (Wildman–Crippen LogP) is 4.17. The number of thiophene rings is 1. The Morgan fingerprint density at radius 2 is 1.98 bits per heavy atom. The van der Waals surface area contributed by atoms with Gasteiger partial charge in [-0.2, -0.15) is 5.10 Å². The quantitative estimate of drug-likeness (QED) is 0.506. The molecule has 2 amide bonds. The van der Waals surface area contributed by atoms with Crippen LogP contribution in [-0.2, 0) is 22.4 Å². The van der Waals surface area contributed by atoms with Crippen molar-refractivity contribution < 1.29 is 18.7 Å². The van der Waals surface area contributed by atoms with Gasteiger partial charge in [-0.1, -0.05) is 19.1 Å². The number of carbonyl (C=O) groups is 2. The van der Waals surface area contributed by atoms with E-state index in [9.17, 15) is 9.59 Å². The molecule has 2 N–H and O–H groups in total. The molecule has 1 aromatic carbocycles. The van der Waals surface area contributed by atoms with Crippen molar-refractivity contribution in [3.8, 4) is 0 Å². The molecule has 6 rings (SSSR count). The highest BCUT2D eigenvalue weighted by atomic mass is 32.1. The number of hydrogen-bond acceptors (Lipinski definition) is 9. The van der Waals surface area contributed by atoms with Crippen LogP contribution in [-0.4, -0.2) is 98.3 Å². The second-order valence-electron chi connectivity index (χ2n) is 12.9. The van der Waals surface area contributed by atoms with Crippen molar-refractivity contribution in [1.82, 2.24) is 20.1 Å². The number of hydrazone groups is 1. The Bertz CT molecular complexity index is 1640. The molecule has 2 aromatic rings. The van der Waals surface area contributed by atoms with Gasteiger partial charge in [-0.15, -0.1) is 11.3 Å². The van der Waals surface area contributed by atoms with Crippen LogP contribution in [0.5, 0.6) is 0 Å². The Balaban J connectivity index is 1.23. The summed E-state index contributed by atoms with van der Waals surface area (Å²) in [6.07, 6.45) is 9.93. The van der Waals surface area contributed by atoms with Gasteiger partial charge in [-0.05, 0) is 75.1 Å². The van der Waals surface area contributed by atoms with Crippen LogP contribution in [0.4, 0.5) is 10.1 Å². The molecule has 1 aromatic heterocycles. The Morgan fingerprint density at radius 3 is 2.74 bits per heavy atom. The first-order chi connectivity index (χ1) is 22.0. The summed E-state index contributed by atoms with van der Waals surface area (Å²) < 4.78 is 22.1. The summed E-state index contributed by atoms with van der Waals surface area (Å²) in [7, 11) is 5.59. The zero-order valence-corrected chi connectivity index (χ0v) is 28.0. The zero-order chi connectivity index (χ0) is 32.6. The first kappa shape index (κ1) is 32.1.